The molecule has 0 aliphatic heterocycles. The molecule has 64 heavy (non-hydrogen) atoms. The Morgan fingerprint density at radius 3 is 1.78 bits per heavy atom. The van der Waals surface area contributed by atoms with Gasteiger partial charge in [-0.3, -0.25) is 8.97 Å². The fraction of sp³-hybridized carbons (Fsp3) is 0.0500. The molecule has 0 unspecified atom stereocenters. The van der Waals surface area contributed by atoms with Gasteiger partial charge in [-0.2, -0.15) is 0 Å². The first-order valence-electron chi connectivity index (χ1n) is 22.1. The molecular weight excluding hydrogens is 777 g/mol. The van der Waals surface area contributed by atoms with Crippen LogP contribution in [0.15, 0.2) is 218 Å². The van der Waals surface area contributed by atoms with E-state index in [9.17, 15) is 0 Å². The summed E-state index contributed by atoms with van der Waals surface area (Å²) >= 11 is 0. The van der Waals surface area contributed by atoms with E-state index in [1.807, 2.05) is 0 Å². The van der Waals surface area contributed by atoms with E-state index in [1.165, 1.54) is 44.2 Å². The number of hydrogen-bond donors (Lipinski definition) is 0. The first-order chi connectivity index (χ1) is 31.5. The van der Waals surface area contributed by atoms with Crippen molar-refractivity contribution in [3.05, 3.63) is 230 Å². The van der Waals surface area contributed by atoms with Crippen molar-refractivity contribution < 1.29 is 0 Å². The van der Waals surface area contributed by atoms with E-state index in [4.69, 9.17) is 4.98 Å². The average Bonchev–Trinajstić information content (AvgIpc) is 3.97. The molecule has 0 amide bonds. The summed E-state index contributed by atoms with van der Waals surface area (Å²) in [5.74, 6) is 0. The van der Waals surface area contributed by atoms with Gasteiger partial charge in [0.05, 0.1) is 16.7 Å². The first-order valence-corrected chi connectivity index (χ1v) is 22.1. The van der Waals surface area contributed by atoms with Crippen molar-refractivity contribution >= 4 is 66.5 Å². The third-order valence-corrected chi connectivity index (χ3v) is 13.7. The van der Waals surface area contributed by atoms with Crippen molar-refractivity contribution in [2.24, 2.45) is 0 Å². The standard InChI is InChI=1S/C60H42N4/c1-60(2)52-24-12-8-20-47(52)48-37-36-44(38-53(48)60)62(54-25-13-9-18-45(54)41-16-4-3-5-17-41)42-32-28-39(29-33-42)40-30-34-43(35-31-40)63-56-27-15-11-23-51(56)57-59(63)64-55-26-14-10-21-49(55)46-19-6-7-22-50(46)58(64)61-57/h3-38H,1-2H3. The maximum absolute atomic E-state index is 5.39. The molecule has 13 rings (SSSR count). The molecule has 302 valence electrons. The van der Waals surface area contributed by atoms with E-state index in [-0.39, 0.29) is 5.41 Å². The molecule has 0 saturated heterocycles. The highest BCUT2D eigenvalue weighted by atomic mass is 15.2. The Labute approximate surface area is 371 Å². The number of pyridine rings is 1. The van der Waals surface area contributed by atoms with Crippen LogP contribution in [0.4, 0.5) is 17.1 Å². The van der Waals surface area contributed by atoms with Crippen LogP contribution in [0.25, 0.3) is 88.5 Å². The van der Waals surface area contributed by atoms with Crippen molar-refractivity contribution in [2.75, 3.05) is 4.90 Å². The van der Waals surface area contributed by atoms with Gasteiger partial charge in [0.2, 0.25) is 0 Å². The molecule has 0 spiro atoms. The molecule has 4 nitrogen and oxygen atoms in total. The van der Waals surface area contributed by atoms with Crippen molar-refractivity contribution in [3.63, 3.8) is 0 Å². The number of hydrogen-bond acceptors (Lipinski definition) is 2. The summed E-state index contributed by atoms with van der Waals surface area (Å²) in [6.45, 7) is 4.71. The van der Waals surface area contributed by atoms with Crippen molar-refractivity contribution in [1.82, 2.24) is 14.0 Å². The molecule has 3 aromatic heterocycles. The minimum absolute atomic E-state index is 0.116. The molecule has 0 fully saturated rings. The molecule has 1 aliphatic rings. The maximum atomic E-state index is 5.39. The number of anilines is 3. The molecule has 0 bridgehead atoms. The molecule has 0 saturated carbocycles. The quantitative estimate of drug-likeness (QED) is 0.156. The van der Waals surface area contributed by atoms with Gasteiger partial charge in [-0.25, -0.2) is 4.98 Å². The average molecular weight is 819 g/mol. The van der Waals surface area contributed by atoms with Crippen LogP contribution in [0, 0.1) is 0 Å². The van der Waals surface area contributed by atoms with Crippen LogP contribution in [0.5, 0.6) is 0 Å². The number of nitrogens with zero attached hydrogens (tertiary/aromatic N) is 4. The van der Waals surface area contributed by atoms with E-state index in [0.717, 1.165) is 72.5 Å². The largest absolute Gasteiger partial charge is 0.310 e. The van der Waals surface area contributed by atoms with Crippen LogP contribution in [-0.2, 0) is 5.41 Å². The summed E-state index contributed by atoms with van der Waals surface area (Å²) in [4.78, 5) is 7.82. The summed E-state index contributed by atoms with van der Waals surface area (Å²) < 4.78 is 4.75. The van der Waals surface area contributed by atoms with Crippen molar-refractivity contribution in [3.8, 4) is 39.1 Å². The van der Waals surface area contributed by atoms with E-state index < -0.39 is 0 Å². The SMILES string of the molecule is CC1(C)c2ccccc2-c2ccc(N(c3ccc(-c4ccc(-n5c6ccccc6c6nc7c8ccccc8c8ccccc8n7c65)cc4)cc3)c3ccccc3-c3ccccc3)cc21. The van der Waals surface area contributed by atoms with Gasteiger partial charge in [0, 0.05) is 44.2 Å². The number of benzene rings is 9. The number of aromatic nitrogens is 3. The zero-order valence-corrected chi connectivity index (χ0v) is 35.6. The van der Waals surface area contributed by atoms with Gasteiger partial charge in [0.1, 0.15) is 11.2 Å². The number of rotatable bonds is 6. The molecule has 1 aliphatic carbocycles. The lowest BCUT2D eigenvalue weighted by Gasteiger charge is -2.30. The molecule has 0 radical (unpaired) electrons. The first kappa shape index (κ1) is 36.4. The van der Waals surface area contributed by atoms with Gasteiger partial charge < -0.3 is 4.90 Å². The van der Waals surface area contributed by atoms with Crippen LogP contribution in [-0.4, -0.2) is 14.0 Å². The van der Waals surface area contributed by atoms with Gasteiger partial charge in [0.15, 0.2) is 5.65 Å². The summed E-state index contributed by atoms with van der Waals surface area (Å²) in [6, 6.07) is 79.5. The monoisotopic (exact) mass is 818 g/mol. The second kappa shape index (κ2) is 13.9. The molecule has 0 N–H and O–H groups in total. The highest BCUT2D eigenvalue weighted by Crippen LogP contribution is 2.51. The highest BCUT2D eigenvalue weighted by molar-refractivity contribution is 6.16. The van der Waals surface area contributed by atoms with E-state index >= 15 is 0 Å². The third-order valence-electron chi connectivity index (χ3n) is 13.7. The Bertz CT molecular complexity index is 3800. The lowest BCUT2D eigenvalue weighted by molar-refractivity contribution is 0.660. The van der Waals surface area contributed by atoms with Gasteiger partial charge in [0.25, 0.3) is 0 Å². The highest BCUT2D eigenvalue weighted by Gasteiger charge is 2.36. The Morgan fingerprint density at radius 2 is 1.00 bits per heavy atom. The Kier molecular flexibility index (Phi) is 7.92. The zero-order chi connectivity index (χ0) is 42.5. The van der Waals surface area contributed by atoms with Crippen LogP contribution in [0.2, 0.25) is 0 Å². The molecular formula is C60H42N4. The zero-order valence-electron chi connectivity index (χ0n) is 35.6. The lowest BCUT2D eigenvalue weighted by atomic mass is 9.82. The van der Waals surface area contributed by atoms with Crippen LogP contribution in [0.3, 0.4) is 0 Å². The van der Waals surface area contributed by atoms with Crippen molar-refractivity contribution in [1.29, 1.82) is 0 Å². The molecule has 3 heterocycles. The predicted octanol–water partition coefficient (Wildman–Crippen LogP) is 15.8. The van der Waals surface area contributed by atoms with Crippen molar-refractivity contribution in [2.45, 2.75) is 19.3 Å². The maximum Gasteiger partial charge on any atom is 0.151 e. The van der Waals surface area contributed by atoms with E-state index in [0.29, 0.717) is 0 Å². The second-order valence-electron chi connectivity index (χ2n) is 17.6. The van der Waals surface area contributed by atoms with Gasteiger partial charge >= 0.3 is 0 Å². The molecule has 9 aromatic carbocycles. The predicted molar refractivity (Wildman–Crippen MR) is 268 cm³/mol. The van der Waals surface area contributed by atoms with E-state index in [2.05, 4.69) is 246 Å². The normalized spacial score (nSPS) is 13.0. The number of para-hydroxylation sites is 3. The van der Waals surface area contributed by atoms with Gasteiger partial charge in [-0.1, -0.05) is 178 Å². The van der Waals surface area contributed by atoms with Crippen LogP contribution < -0.4 is 4.90 Å². The Morgan fingerprint density at radius 1 is 0.422 bits per heavy atom. The Balaban J connectivity index is 0.928. The minimum Gasteiger partial charge on any atom is -0.310 e. The Hall–Kier alpha value is -8.21. The number of fused-ring (bicyclic) bond motifs is 13. The summed E-state index contributed by atoms with van der Waals surface area (Å²) in [5, 5.41) is 4.73. The molecule has 0 atom stereocenters. The van der Waals surface area contributed by atoms with Crippen LogP contribution >= 0.6 is 0 Å². The second-order valence-corrected chi connectivity index (χ2v) is 17.6. The summed E-state index contributed by atoms with van der Waals surface area (Å²) in [7, 11) is 0. The molecule has 12 aromatic rings. The fourth-order valence-corrected chi connectivity index (χ4v) is 10.7. The smallest absolute Gasteiger partial charge is 0.151 e. The van der Waals surface area contributed by atoms with Crippen LogP contribution in [0.1, 0.15) is 25.0 Å². The fourth-order valence-electron chi connectivity index (χ4n) is 10.7. The number of imidazole rings is 1. The van der Waals surface area contributed by atoms with Gasteiger partial charge in [-0.05, 0) is 98.9 Å². The summed E-state index contributed by atoms with van der Waals surface area (Å²) in [6.07, 6.45) is 0. The summed E-state index contributed by atoms with van der Waals surface area (Å²) in [5.41, 5.74) is 19.8. The molecule has 4 heteroatoms. The van der Waals surface area contributed by atoms with E-state index in [1.54, 1.807) is 0 Å². The topological polar surface area (TPSA) is 25.5 Å². The van der Waals surface area contributed by atoms with Gasteiger partial charge in [-0.15, -0.1) is 0 Å². The lowest BCUT2D eigenvalue weighted by Crippen LogP contribution is -2.16. The minimum atomic E-state index is -0.116. The third kappa shape index (κ3) is 5.32.